The lowest BCUT2D eigenvalue weighted by Gasteiger charge is -2.39. The Hall–Kier alpha value is -0.120. The lowest BCUT2D eigenvalue weighted by atomic mass is 9.97. The summed E-state index contributed by atoms with van der Waals surface area (Å²) in [6, 6.07) is 1.70. The van der Waals surface area contributed by atoms with Crippen LogP contribution in [0.1, 0.15) is 46.5 Å². The molecule has 0 bridgehead atoms. The number of nitrogens with zero attached hydrogens (tertiary/aromatic N) is 1. The van der Waals surface area contributed by atoms with Crippen LogP contribution in [-0.4, -0.2) is 47.8 Å². The first-order valence-corrected chi connectivity index (χ1v) is 6.79. The lowest BCUT2D eigenvalue weighted by molar-refractivity contribution is 0.0936. The molecule has 3 nitrogen and oxygen atoms in total. The molecule has 0 aromatic carbocycles. The fraction of sp³-hybridized carbons (Fsp3) is 1.00. The third-order valence-corrected chi connectivity index (χ3v) is 3.83. The summed E-state index contributed by atoms with van der Waals surface area (Å²) in [6.07, 6.45) is 5.08. The highest BCUT2D eigenvalue weighted by atomic mass is 16.3. The van der Waals surface area contributed by atoms with E-state index in [1.165, 1.54) is 19.3 Å². The molecule has 0 radical (unpaired) electrons. The molecule has 3 heteroatoms. The van der Waals surface area contributed by atoms with Gasteiger partial charge in [0.2, 0.25) is 0 Å². The van der Waals surface area contributed by atoms with Crippen molar-refractivity contribution >= 4 is 0 Å². The van der Waals surface area contributed by atoms with Gasteiger partial charge in [0, 0.05) is 24.7 Å². The Morgan fingerprint density at radius 1 is 1.31 bits per heavy atom. The summed E-state index contributed by atoms with van der Waals surface area (Å²) in [5, 5.41) is 12.6. The predicted octanol–water partition coefficient (Wildman–Crippen LogP) is 1.61. The van der Waals surface area contributed by atoms with E-state index in [1.54, 1.807) is 0 Å². The number of aliphatic hydroxyl groups is 1. The van der Waals surface area contributed by atoms with Crippen molar-refractivity contribution in [2.75, 3.05) is 19.7 Å². The average Bonchev–Trinajstić information content (AvgIpc) is 2.27. The maximum absolute atomic E-state index is 9.24. The summed E-state index contributed by atoms with van der Waals surface area (Å²) < 4.78 is 0. The van der Waals surface area contributed by atoms with Crippen molar-refractivity contribution in [3.05, 3.63) is 0 Å². The standard InChI is InChI=1S/C13H28N2O/c1-4-14-13(10-16)8-9-15-11(2)6-5-7-12(15)3/h11-14,16H,4-10H2,1-3H3/t11-,12+,13?. The Bertz CT molecular complexity index is 177. The first kappa shape index (κ1) is 13.9. The Kier molecular flexibility index (Phi) is 6.32. The molecular weight excluding hydrogens is 200 g/mol. The van der Waals surface area contributed by atoms with E-state index in [1.807, 2.05) is 0 Å². The minimum Gasteiger partial charge on any atom is -0.395 e. The van der Waals surface area contributed by atoms with Gasteiger partial charge >= 0.3 is 0 Å². The van der Waals surface area contributed by atoms with Crippen LogP contribution in [0.15, 0.2) is 0 Å². The molecule has 0 saturated carbocycles. The summed E-state index contributed by atoms with van der Waals surface area (Å²) in [7, 11) is 0. The van der Waals surface area contributed by atoms with Crippen molar-refractivity contribution < 1.29 is 5.11 Å². The van der Waals surface area contributed by atoms with E-state index in [0.29, 0.717) is 12.1 Å². The monoisotopic (exact) mass is 228 g/mol. The number of piperidine rings is 1. The number of likely N-dealkylation sites (N-methyl/N-ethyl adjacent to an activating group) is 1. The topological polar surface area (TPSA) is 35.5 Å². The molecule has 1 aliphatic heterocycles. The Balaban J connectivity index is 2.33. The van der Waals surface area contributed by atoms with Gasteiger partial charge < -0.3 is 10.4 Å². The van der Waals surface area contributed by atoms with Gasteiger partial charge in [-0.15, -0.1) is 0 Å². The number of hydrogen-bond donors (Lipinski definition) is 2. The van der Waals surface area contributed by atoms with Gasteiger partial charge in [0.15, 0.2) is 0 Å². The van der Waals surface area contributed by atoms with Gasteiger partial charge in [-0.3, -0.25) is 4.90 Å². The van der Waals surface area contributed by atoms with Crippen molar-refractivity contribution in [3.63, 3.8) is 0 Å². The number of rotatable bonds is 6. The molecule has 1 heterocycles. The highest BCUT2D eigenvalue weighted by molar-refractivity contribution is 4.80. The van der Waals surface area contributed by atoms with Crippen LogP contribution in [0.5, 0.6) is 0 Å². The van der Waals surface area contributed by atoms with E-state index in [2.05, 4.69) is 31.0 Å². The molecule has 3 atom stereocenters. The molecule has 96 valence electrons. The van der Waals surface area contributed by atoms with E-state index < -0.39 is 0 Å². The summed E-state index contributed by atoms with van der Waals surface area (Å²) in [4.78, 5) is 2.60. The lowest BCUT2D eigenvalue weighted by Crippen LogP contribution is -2.46. The summed E-state index contributed by atoms with van der Waals surface area (Å²) in [6.45, 7) is 9.06. The quantitative estimate of drug-likeness (QED) is 0.725. The molecule has 0 aromatic rings. The van der Waals surface area contributed by atoms with Crippen LogP contribution in [0.25, 0.3) is 0 Å². The largest absolute Gasteiger partial charge is 0.395 e. The second-order valence-corrected chi connectivity index (χ2v) is 5.09. The molecule has 0 amide bonds. The van der Waals surface area contributed by atoms with Crippen molar-refractivity contribution in [1.29, 1.82) is 0 Å². The summed E-state index contributed by atoms with van der Waals surface area (Å²) in [5.74, 6) is 0. The number of aliphatic hydroxyl groups excluding tert-OH is 1. The van der Waals surface area contributed by atoms with E-state index in [0.717, 1.165) is 19.5 Å². The van der Waals surface area contributed by atoms with Gasteiger partial charge in [-0.25, -0.2) is 0 Å². The van der Waals surface area contributed by atoms with Crippen molar-refractivity contribution in [1.82, 2.24) is 10.2 Å². The molecule has 1 rings (SSSR count). The third kappa shape index (κ3) is 4.04. The van der Waals surface area contributed by atoms with E-state index in [4.69, 9.17) is 0 Å². The second-order valence-electron chi connectivity index (χ2n) is 5.09. The molecule has 1 fully saturated rings. The van der Waals surface area contributed by atoms with Crippen LogP contribution in [0.2, 0.25) is 0 Å². The first-order chi connectivity index (χ1) is 7.69. The van der Waals surface area contributed by atoms with E-state index in [9.17, 15) is 5.11 Å². The van der Waals surface area contributed by atoms with E-state index in [-0.39, 0.29) is 12.6 Å². The fourth-order valence-electron chi connectivity index (χ4n) is 2.77. The van der Waals surface area contributed by atoms with Crippen molar-refractivity contribution in [2.45, 2.75) is 64.6 Å². The van der Waals surface area contributed by atoms with Crippen LogP contribution in [-0.2, 0) is 0 Å². The minimum atomic E-state index is 0.254. The molecule has 1 saturated heterocycles. The van der Waals surface area contributed by atoms with Crippen LogP contribution < -0.4 is 5.32 Å². The van der Waals surface area contributed by atoms with Crippen LogP contribution in [0, 0.1) is 0 Å². The summed E-state index contributed by atoms with van der Waals surface area (Å²) >= 11 is 0. The normalized spacial score (nSPS) is 29.2. The molecule has 0 aliphatic carbocycles. The third-order valence-electron chi connectivity index (χ3n) is 3.83. The average molecular weight is 228 g/mol. The molecule has 0 spiro atoms. The minimum absolute atomic E-state index is 0.254. The molecule has 0 aromatic heterocycles. The smallest absolute Gasteiger partial charge is 0.0585 e. The molecule has 16 heavy (non-hydrogen) atoms. The predicted molar refractivity (Wildman–Crippen MR) is 68.6 cm³/mol. The fourth-order valence-corrected chi connectivity index (χ4v) is 2.77. The van der Waals surface area contributed by atoms with Gasteiger partial charge in [0.1, 0.15) is 0 Å². The number of nitrogens with one attached hydrogen (secondary N) is 1. The molecule has 1 aliphatic rings. The zero-order chi connectivity index (χ0) is 12.0. The highest BCUT2D eigenvalue weighted by Gasteiger charge is 2.24. The molecular formula is C13H28N2O. The van der Waals surface area contributed by atoms with Gasteiger partial charge in [0.25, 0.3) is 0 Å². The zero-order valence-corrected chi connectivity index (χ0v) is 11.1. The van der Waals surface area contributed by atoms with Crippen molar-refractivity contribution in [2.24, 2.45) is 0 Å². The Morgan fingerprint density at radius 3 is 2.44 bits per heavy atom. The van der Waals surface area contributed by atoms with Crippen LogP contribution in [0.3, 0.4) is 0 Å². The van der Waals surface area contributed by atoms with Crippen molar-refractivity contribution in [3.8, 4) is 0 Å². The van der Waals surface area contributed by atoms with Gasteiger partial charge in [0.05, 0.1) is 6.61 Å². The SMILES string of the molecule is CCNC(CO)CCN1[C@H](C)CCC[C@@H]1C. The zero-order valence-electron chi connectivity index (χ0n) is 11.1. The number of hydrogen-bond acceptors (Lipinski definition) is 3. The second kappa shape index (κ2) is 7.25. The van der Waals surface area contributed by atoms with Gasteiger partial charge in [-0.1, -0.05) is 13.3 Å². The maximum atomic E-state index is 9.24. The Labute approximate surface area is 100 Å². The Morgan fingerprint density at radius 2 is 1.94 bits per heavy atom. The van der Waals surface area contributed by atoms with Crippen LogP contribution in [0.4, 0.5) is 0 Å². The number of likely N-dealkylation sites (tertiary alicyclic amines) is 1. The van der Waals surface area contributed by atoms with Crippen LogP contribution >= 0.6 is 0 Å². The summed E-state index contributed by atoms with van der Waals surface area (Å²) in [5.41, 5.74) is 0. The van der Waals surface area contributed by atoms with Gasteiger partial charge in [-0.05, 0) is 39.7 Å². The molecule has 1 unspecified atom stereocenters. The maximum Gasteiger partial charge on any atom is 0.0585 e. The highest BCUT2D eigenvalue weighted by Crippen LogP contribution is 2.22. The first-order valence-electron chi connectivity index (χ1n) is 6.79. The molecule has 2 N–H and O–H groups in total. The van der Waals surface area contributed by atoms with Gasteiger partial charge in [-0.2, -0.15) is 0 Å². The van der Waals surface area contributed by atoms with E-state index >= 15 is 0 Å².